The van der Waals surface area contributed by atoms with Gasteiger partial charge in [-0.2, -0.15) is 0 Å². The third-order valence-corrected chi connectivity index (χ3v) is 34.3. The number of hydrogen-bond donors (Lipinski definition) is 0. The van der Waals surface area contributed by atoms with Crippen molar-refractivity contribution >= 4 is 16.1 Å². The molecule has 1 aromatic carbocycles. The topological polar surface area (TPSA) is 0 Å². The summed E-state index contributed by atoms with van der Waals surface area (Å²) >= 11 is -1.57. The Kier molecular flexibility index (Phi) is 8.13. The molecule has 1 unspecified atom stereocenters. The van der Waals surface area contributed by atoms with Crippen LogP contribution in [-0.4, -0.2) is 9.98 Å². The fourth-order valence-electron chi connectivity index (χ4n) is 3.86. The van der Waals surface area contributed by atoms with Gasteiger partial charge in [-0.05, 0) is 0 Å². The SMILES string of the molecule is CC1=CC(C)=[C]([Zr+2]([CH]2C(C)=Cc3ccccc32)=[Ge]([CH3])[CH3])C1.[Cl-].[Cl-]. The van der Waals surface area contributed by atoms with E-state index in [1.807, 2.05) is 3.28 Å². The van der Waals surface area contributed by atoms with Gasteiger partial charge in [-0.3, -0.25) is 0 Å². The predicted molar refractivity (Wildman–Crippen MR) is 91.4 cm³/mol. The second-order valence-corrected chi connectivity index (χ2v) is 35.3. The fourth-order valence-corrected chi connectivity index (χ4v) is 35.7. The van der Waals surface area contributed by atoms with Gasteiger partial charge in [-0.15, -0.1) is 0 Å². The van der Waals surface area contributed by atoms with Crippen LogP contribution in [0.5, 0.6) is 0 Å². The smallest absolute Gasteiger partial charge is 1.00 e. The zero-order chi connectivity index (χ0) is 15.1. The Labute approximate surface area is 162 Å². The molecule has 2 aliphatic rings. The van der Waals surface area contributed by atoms with E-state index in [0.717, 1.165) is 3.63 Å². The van der Waals surface area contributed by atoms with Gasteiger partial charge in [0.15, 0.2) is 0 Å². The van der Waals surface area contributed by atoms with Crippen LogP contribution in [0, 0.1) is 0 Å². The van der Waals surface area contributed by atoms with Crippen LogP contribution in [-0.2, 0) is 18.6 Å². The number of rotatable bonds is 2. The number of allylic oxidation sites excluding steroid dienone is 5. The molecule has 3 rings (SSSR count). The van der Waals surface area contributed by atoms with E-state index in [0.29, 0.717) is 0 Å². The first-order valence-corrected chi connectivity index (χ1v) is 22.1. The average molecular weight is 487 g/mol. The molecule has 0 saturated carbocycles. The molecule has 0 fully saturated rings. The Bertz CT molecular complexity index is 737. The van der Waals surface area contributed by atoms with Crippen LogP contribution in [0.1, 0.15) is 41.9 Å². The molecule has 1 aromatic rings. The molecule has 0 amide bonds. The molecule has 0 saturated heterocycles. The maximum atomic E-state index is 2.64. The third-order valence-electron chi connectivity index (χ3n) is 4.69. The van der Waals surface area contributed by atoms with Crippen LogP contribution in [0.2, 0.25) is 11.5 Å². The van der Waals surface area contributed by atoms with E-state index in [-0.39, 0.29) is 24.8 Å². The largest absolute Gasteiger partial charge is 1.00 e. The van der Waals surface area contributed by atoms with Crippen LogP contribution < -0.4 is 24.8 Å². The predicted octanol–water partition coefficient (Wildman–Crippen LogP) is -0.354. The standard InChI is InChI=1S/C10H9.C7H9.C2H6Ge.2ClH.Zr/c1-8-6-9-4-2-3-5-10(9)7-8;1-6-3-4-7(2)5-6;1-3-2;;;/h2-7H,1H3;5H,3H2,1-2H3;1-2H3;2*1H;/q;;;;;+2/p-2. The molecule has 4 heteroatoms. The van der Waals surface area contributed by atoms with Crippen molar-refractivity contribution in [3.63, 3.8) is 0 Å². The summed E-state index contributed by atoms with van der Waals surface area (Å²) in [7, 11) is -0.880. The van der Waals surface area contributed by atoms with E-state index >= 15 is 0 Å². The zero-order valence-electron chi connectivity index (χ0n) is 14.5. The quantitative estimate of drug-likeness (QED) is 0.501. The van der Waals surface area contributed by atoms with Crippen LogP contribution in [0.3, 0.4) is 0 Å². The first-order chi connectivity index (χ1) is 9.99. The van der Waals surface area contributed by atoms with Gasteiger partial charge < -0.3 is 24.8 Å². The van der Waals surface area contributed by atoms with Crippen molar-refractivity contribution in [2.24, 2.45) is 0 Å². The molecule has 0 aliphatic heterocycles. The summed E-state index contributed by atoms with van der Waals surface area (Å²) in [6.45, 7) is 7.07. The van der Waals surface area contributed by atoms with Crippen molar-refractivity contribution in [1.82, 2.24) is 0 Å². The van der Waals surface area contributed by atoms with Crippen molar-refractivity contribution < 1.29 is 43.4 Å². The molecule has 122 valence electrons. The van der Waals surface area contributed by atoms with Crippen molar-refractivity contribution in [3.8, 4) is 0 Å². The molecule has 0 bridgehead atoms. The summed E-state index contributed by atoms with van der Waals surface area (Å²) in [4.78, 5) is 0. The molecule has 0 heterocycles. The molecule has 0 aromatic heterocycles. The summed E-state index contributed by atoms with van der Waals surface area (Å²) in [5.74, 6) is 5.27. The number of fused-ring (bicyclic) bond motifs is 1. The summed E-state index contributed by atoms with van der Waals surface area (Å²) in [5, 5.41) is 0. The fraction of sp³-hybridized carbons (Fsp3) is 0.368. The maximum absolute atomic E-state index is 2.64. The van der Waals surface area contributed by atoms with Gasteiger partial charge in [0.1, 0.15) is 0 Å². The minimum absolute atomic E-state index is 0. The molecule has 0 nitrogen and oxygen atoms in total. The van der Waals surface area contributed by atoms with Crippen molar-refractivity contribution in [2.75, 3.05) is 0 Å². The molecule has 0 radical (unpaired) electrons. The minimum Gasteiger partial charge on any atom is -1.00 e. The molecule has 1 atom stereocenters. The van der Waals surface area contributed by atoms with Gasteiger partial charge in [0.25, 0.3) is 0 Å². The summed E-state index contributed by atoms with van der Waals surface area (Å²) in [6, 6.07) is 9.14. The molecular formula is C19H24Cl2GeZr. The van der Waals surface area contributed by atoms with Crippen LogP contribution in [0.4, 0.5) is 0 Å². The monoisotopic (exact) mass is 486 g/mol. The van der Waals surface area contributed by atoms with Gasteiger partial charge in [-0.1, -0.05) is 0 Å². The zero-order valence-corrected chi connectivity index (χ0v) is 20.6. The number of hydrogen-bond acceptors (Lipinski definition) is 0. The van der Waals surface area contributed by atoms with Gasteiger partial charge in [0, 0.05) is 0 Å². The van der Waals surface area contributed by atoms with Crippen LogP contribution >= 0.6 is 0 Å². The first kappa shape index (κ1) is 21.5. The second kappa shape index (κ2) is 8.70. The second-order valence-electron chi connectivity index (χ2n) is 6.69. The normalized spacial score (nSPS) is 18.2. The van der Waals surface area contributed by atoms with E-state index in [1.54, 1.807) is 22.3 Å². The van der Waals surface area contributed by atoms with E-state index in [9.17, 15) is 0 Å². The Morgan fingerprint density at radius 2 is 1.65 bits per heavy atom. The van der Waals surface area contributed by atoms with E-state index in [2.05, 4.69) is 68.7 Å². The van der Waals surface area contributed by atoms with E-state index < -0.39 is 28.6 Å². The summed E-state index contributed by atoms with van der Waals surface area (Å²) in [6.07, 6.45) is 6.22. The maximum Gasteiger partial charge on any atom is -1.00 e. The first-order valence-electron chi connectivity index (χ1n) is 7.81. The molecule has 2 aliphatic carbocycles. The van der Waals surface area contributed by atoms with Gasteiger partial charge >= 0.3 is 138 Å². The Balaban J connectivity index is 0.00000132. The number of halogens is 2. The van der Waals surface area contributed by atoms with Crippen LogP contribution in [0.25, 0.3) is 6.08 Å². The van der Waals surface area contributed by atoms with Gasteiger partial charge in [-0.25, -0.2) is 0 Å². The average Bonchev–Trinajstić information content (AvgIpc) is 2.91. The van der Waals surface area contributed by atoms with Crippen molar-refractivity contribution in [2.45, 2.75) is 42.3 Å². The van der Waals surface area contributed by atoms with E-state index in [4.69, 9.17) is 0 Å². The Morgan fingerprint density at radius 1 is 1.00 bits per heavy atom. The third kappa shape index (κ3) is 4.17. The number of benzene rings is 1. The van der Waals surface area contributed by atoms with Crippen molar-refractivity contribution in [1.29, 1.82) is 0 Å². The van der Waals surface area contributed by atoms with Crippen LogP contribution in [0.15, 0.2) is 50.3 Å². The molecule has 0 N–H and O–H groups in total. The minimum atomic E-state index is -1.57. The molecule has 23 heavy (non-hydrogen) atoms. The summed E-state index contributed by atoms with van der Waals surface area (Å²) in [5.41, 5.74) is 8.03. The van der Waals surface area contributed by atoms with Gasteiger partial charge in [0.05, 0.1) is 0 Å². The summed E-state index contributed by atoms with van der Waals surface area (Å²) < 4.78 is 2.77. The van der Waals surface area contributed by atoms with Gasteiger partial charge in [0.2, 0.25) is 0 Å². The van der Waals surface area contributed by atoms with Crippen molar-refractivity contribution in [3.05, 3.63) is 61.5 Å². The van der Waals surface area contributed by atoms with E-state index in [1.165, 1.54) is 12.0 Å². The molecule has 0 spiro atoms. The molecular weight excluding hydrogens is 463 g/mol. The Hall–Kier alpha value is 0.446. The Morgan fingerprint density at radius 3 is 2.22 bits per heavy atom.